The van der Waals surface area contributed by atoms with Crippen LogP contribution in [-0.2, 0) is 0 Å². The number of hydrogen-bond acceptors (Lipinski definition) is 4. The van der Waals surface area contributed by atoms with Gasteiger partial charge in [-0.25, -0.2) is 9.97 Å². The third kappa shape index (κ3) is 5.26. The van der Waals surface area contributed by atoms with E-state index in [1.54, 1.807) is 0 Å². The number of rotatable bonds is 6. The van der Waals surface area contributed by atoms with Crippen molar-refractivity contribution in [3.05, 3.63) is 182 Å². The fourth-order valence-electron chi connectivity index (χ4n) is 8.26. The lowest BCUT2D eigenvalue weighted by molar-refractivity contribution is 0.995. The highest BCUT2D eigenvalue weighted by Gasteiger charge is 2.24. The van der Waals surface area contributed by atoms with E-state index in [1.165, 1.54) is 5.39 Å². The SMILES string of the molecule is C1=NC(c2ccc3c(c2)c2ccc4c5cc(-c6ccccn6)ccc5n(-c5nc(-c6ccccc6)cc(-c6ccccc6)n5)c4c2n3-c2ccccc2)=CCC1. The van der Waals surface area contributed by atoms with E-state index in [9.17, 15) is 0 Å². The molecular weight excluding hydrogens is 685 g/mol. The maximum atomic E-state index is 5.40. The third-order valence-corrected chi connectivity index (χ3v) is 10.8. The summed E-state index contributed by atoms with van der Waals surface area (Å²) in [6.45, 7) is 0. The van der Waals surface area contributed by atoms with Gasteiger partial charge in [-0.1, -0.05) is 115 Å². The van der Waals surface area contributed by atoms with Gasteiger partial charge in [0.25, 0.3) is 0 Å². The van der Waals surface area contributed by atoms with Crippen LogP contribution in [0.4, 0.5) is 0 Å². The number of fused-ring (bicyclic) bond motifs is 7. The standard InChI is InChI=1S/C50H34N6/c1-4-14-33(15-5-1)44-32-45(34-16-6-2-7-17-34)54-50(53-44)56-47-27-23-36(43-21-11-13-29-52-43)31-41(47)39-25-24-38-40-30-35(42-20-10-12-28-51-42)22-26-46(40)55(48(38)49(39)56)37-18-8-3-9-19-37/h1-9,11,13-32H,10,12H2. The van der Waals surface area contributed by atoms with E-state index < -0.39 is 0 Å². The molecule has 0 N–H and O–H groups in total. The van der Waals surface area contributed by atoms with Crippen LogP contribution in [-0.4, -0.2) is 30.3 Å². The molecule has 5 heterocycles. The molecule has 6 aromatic carbocycles. The van der Waals surface area contributed by atoms with Crippen molar-refractivity contribution in [2.24, 2.45) is 4.99 Å². The Bertz CT molecular complexity index is 3100. The predicted molar refractivity (Wildman–Crippen MR) is 231 cm³/mol. The first-order valence-electron chi connectivity index (χ1n) is 19.0. The van der Waals surface area contributed by atoms with Gasteiger partial charge in [0.05, 0.1) is 44.8 Å². The molecule has 6 heteroatoms. The molecule has 11 rings (SSSR count). The highest BCUT2D eigenvalue weighted by Crippen LogP contribution is 2.43. The summed E-state index contributed by atoms with van der Waals surface area (Å²) in [5.74, 6) is 0.607. The van der Waals surface area contributed by atoms with Crippen molar-refractivity contribution in [2.45, 2.75) is 12.8 Å². The molecule has 0 spiro atoms. The quantitative estimate of drug-likeness (QED) is 0.172. The summed E-state index contributed by atoms with van der Waals surface area (Å²) in [5.41, 5.74) is 13.2. The van der Waals surface area contributed by atoms with Gasteiger partial charge in [0.15, 0.2) is 0 Å². The number of aromatic nitrogens is 5. The summed E-state index contributed by atoms with van der Waals surface area (Å²) in [5, 5.41) is 4.53. The summed E-state index contributed by atoms with van der Waals surface area (Å²) >= 11 is 0. The van der Waals surface area contributed by atoms with Crippen molar-refractivity contribution < 1.29 is 0 Å². The van der Waals surface area contributed by atoms with Crippen molar-refractivity contribution in [1.29, 1.82) is 0 Å². The maximum absolute atomic E-state index is 5.40. The predicted octanol–water partition coefficient (Wildman–Crippen LogP) is 12.3. The number of benzene rings is 6. The lowest BCUT2D eigenvalue weighted by atomic mass is 10.0. The van der Waals surface area contributed by atoms with Gasteiger partial charge < -0.3 is 4.57 Å². The van der Waals surface area contributed by atoms with Crippen molar-refractivity contribution in [3.8, 4) is 45.4 Å². The number of nitrogens with zero attached hydrogens (tertiary/aromatic N) is 6. The second-order valence-corrected chi connectivity index (χ2v) is 14.2. The van der Waals surface area contributed by atoms with Crippen molar-refractivity contribution in [2.75, 3.05) is 0 Å². The van der Waals surface area contributed by atoms with Crippen molar-refractivity contribution >= 4 is 55.5 Å². The lowest BCUT2D eigenvalue weighted by Crippen LogP contribution is -2.05. The Kier molecular flexibility index (Phi) is 7.52. The van der Waals surface area contributed by atoms with Crippen LogP contribution >= 0.6 is 0 Å². The zero-order chi connectivity index (χ0) is 37.0. The Hall–Kier alpha value is -7.44. The lowest BCUT2D eigenvalue weighted by Gasteiger charge is -2.14. The highest BCUT2D eigenvalue weighted by atomic mass is 15.2. The first kappa shape index (κ1) is 32.0. The molecule has 264 valence electrons. The van der Waals surface area contributed by atoms with E-state index in [0.717, 1.165) is 102 Å². The number of allylic oxidation sites excluding steroid dienone is 1. The van der Waals surface area contributed by atoms with Crippen LogP contribution in [0.15, 0.2) is 181 Å². The minimum Gasteiger partial charge on any atom is -0.307 e. The molecule has 0 unspecified atom stereocenters. The zero-order valence-corrected chi connectivity index (χ0v) is 30.4. The van der Waals surface area contributed by atoms with Gasteiger partial charge in [0.2, 0.25) is 5.95 Å². The van der Waals surface area contributed by atoms with E-state index in [1.807, 2.05) is 36.7 Å². The van der Waals surface area contributed by atoms with E-state index in [0.29, 0.717) is 5.95 Å². The van der Waals surface area contributed by atoms with Gasteiger partial charge in [-0.05, 0) is 67.4 Å². The topological polar surface area (TPSA) is 60.9 Å². The van der Waals surface area contributed by atoms with Gasteiger partial charge in [0, 0.05) is 61.9 Å². The molecule has 1 aliphatic rings. The van der Waals surface area contributed by atoms with E-state index in [2.05, 4.69) is 155 Å². The van der Waals surface area contributed by atoms with Crippen molar-refractivity contribution in [3.63, 3.8) is 0 Å². The average Bonchev–Trinajstić information content (AvgIpc) is 3.80. The molecule has 6 nitrogen and oxygen atoms in total. The molecular formula is C50H34N6. The van der Waals surface area contributed by atoms with Crippen LogP contribution in [0.5, 0.6) is 0 Å². The van der Waals surface area contributed by atoms with E-state index in [4.69, 9.17) is 19.9 Å². The summed E-state index contributed by atoms with van der Waals surface area (Å²) in [6, 6.07) is 57.5. The average molecular weight is 719 g/mol. The van der Waals surface area contributed by atoms with E-state index >= 15 is 0 Å². The number of hydrogen-bond donors (Lipinski definition) is 0. The molecule has 4 aromatic heterocycles. The van der Waals surface area contributed by atoms with Gasteiger partial charge >= 0.3 is 0 Å². The minimum absolute atomic E-state index is 0.607. The van der Waals surface area contributed by atoms with Crippen LogP contribution < -0.4 is 0 Å². The van der Waals surface area contributed by atoms with E-state index in [-0.39, 0.29) is 0 Å². The fourth-order valence-corrected chi connectivity index (χ4v) is 8.26. The normalized spacial score (nSPS) is 12.9. The minimum atomic E-state index is 0.607. The molecule has 0 fully saturated rings. The molecule has 0 amide bonds. The van der Waals surface area contributed by atoms with Crippen LogP contribution in [0.2, 0.25) is 0 Å². The maximum Gasteiger partial charge on any atom is 0.235 e. The second-order valence-electron chi connectivity index (χ2n) is 14.2. The molecule has 56 heavy (non-hydrogen) atoms. The number of pyridine rings is 1. The van der Waals surface area contributed by atoms with Crippen LogP contribution in [0.25, 0.3) is 94.7 Å². The van der Waals surface area contributed by atoms with Crippen LogP contribution in [0.3, 0.4) is 0 Å². The summed E-state index contributed by atoms with van der Waals surface area (Å²) in [7, 11) is 0. The molecule has 0 radical (unpaired) electrons. The van der Waals surface area contributed by atoms with Crippen molar-refractivity contribution in [1.82, 2.24) is 24.1 Å². The largest absolute Gasteiger partial charge is 0.307 e. The Labute approximate surface area is 323 Å². The van der Waals surface area contributed by atoms with Gasteiger partial charge in [0.1, 0.15) is 0 Å². The molecule has 0 aliphatic carbocycles. The summed E-state index contributed by atoms with van der Waals surface area (Å²) in [4.78, 5) is 20.3. The smallest absolute Gasteiger partial charge is 0.235 e. The molecule has 0 atom stereocenters. The van der Waals surface area contributed by atoms with Gasteiger partial charge in [-0.15, -0.1) is 0 Å². The molecule has 10 aromatic rings. The van der Waals surface area contributed by atoms with Crippen LogP contribution in [0.1, 0.15) is 18.4 Å². The molecule has 0 saturated heterocycles. The first-order chi connectivity index (χ1) is 27.8. The third-order valence-electron chi connectivity index (χ3n) is 10.8. The fraction of sp³-hybridized carbons (Fsp3) is 0.0400. The summed E-state index contributed by atoms with van der Waals surface area (Å²) in [6.07, 6.45) is 8.09. The molecule has 0 bridgehead atoms. The Morgan fingerprint density at radius 2 is 1.02 bits per heavy atom. The number of para-hydroxylation sites is 1. The molecule has 1 aliphatic heterocycles. The Morgan fingerprint density at radius 3 is 1.64 bits per heavy atom. The Balaban J connectivity index is 1.30. The monoisotopic (exact) mass is 718 g/mol. The first-order valence-corrected chi connectivity index (χ1v) is 19.0. The zero-order valence-electron chi connectivity index (χ0n) is 30.4. The summed E-state index contributed by atoms with van der Waals surface area (Å²) < 4.78 is 4.69. The number of aliphatic imine (C=N–C) groups is 1. The van der Waals surface area contributed by atoms with Gasteiger partial charge in [-0.2, -0.15) is 0 Å². The Morgan fingerprint density at radius 1 is 0.429 bits per heavy atom. The van der Waals surface area contributed by atoms with Gasteiger partial charge in [-0.3, -0.25) is 14.5 Å². The highest BCUT2D eigenvalue weighted by molar-refractivity contribution is 6.24. The second kappa shape index (κ2) is 13.1. The molecule has 0 saturated carbocycles. The van der Waals surface area contributed by atoms with Crippen LogP contribution in [0, 0.1) is 0 Å².